The number of aromatic nitrogens is 4. The van der Waals surface area contributed by atoms with Gasteiger partial charge < -0.3 is 29.4 Å². The predicted octanol–water partition coefficient (Wildman–Crippen LogP) is 3.19. The van der Waals surface area contributed by atoms with E-state index in [9.17, 15) is 9.59 Å². The Morgan fingerprint density at radius 3 is 2.72 bits per heavy atom. The van der Waals surface area contributed by atoms with Gasteiger partial charge in [-0.25, -0.2) is 15.0 Å². The van der Waals surface area contributed by atoms with E-state index in [2.05, 4.69) is 25.9 Å². The molecular weight excluding hydrogens is 552 g/mol. The summed E-state index contributed by atoms with van der Waals surface area (Å²) in [4.78, 5) is 39.5. The van der Waals surface area contributed by atoms with Gasteiger partial charge in [-0.1, -0.05) is 0 Å². The van der Waals surface area contributed by atoms with Crippen LogP contribution in [0.5, 0.6) is 11.5 Å². The van der Waals surface area contributed by atoms with Crippen molar-refractivity contribution in [2.75, 3.05) is 32.2 Å². The number of aryl methyl sites for hydroxylation is 1. The number of imidazole rings is 1. The standard InChI is InChI=1S/C23H25BrN6O5S/c1-13(31)33-10-19(32)29-5-2-14(3-6-29)4-7-30-11-26-21(25)20-22(30)28-23(27-20)36-18-9-17-16(8-15(18)24)34-12-35-17/h8-9,11,14H,2-7,10,12,25H2,1H3. The molecule has 4 heterocycles. The Labute approximate surface area is 220 Å². The Kier molecular flexibility index (Phi) is 7.19. The Bertz CT molecular complexity index is 1260. The van der Waals surface area contributed by atoms with Gasteiger partial charge in [0.25, 0.3) is 5.91 Å². The van der Waals surface area contributed by atoms with Crippen molar-refractivity contribution in [2.24, 2.45) is 5.92 Å². The van der Waals surface area contributed by atoms with Crippen molar-refractivity contribution >= 4 is 45.4 Å². The molecule has 4 aliphatic rings. The number of hydrogen-bond acceptors (Lipinski definition) is 10. The number of hydrogen-bond donors (Lipinski definition) is 1. The second-order valence-corrected chi connectivity index (χ2v) is 10.5. The number of esters is 1. The lowest BCUT2D eigenvalue weighted by molar-refractivity contribution is -0.150. The highest BCUT2D eigenvalue weighted by atomic mass is 79.9. The number of nitrogens with zero attached hydrogens (tertiary/aromatic N) is 5. The van der Waals surface area contributed by atoms with E-state index in [0.29, 0.717) is 59.5 Å². The molecule has 1 aromatic carbocycles. The molecule has 1 aromatic rings. The molecule has 1 fully saturated rings. The molecule has 1 saturated heterocycles. The van der Waals surface area contributed by atoms with Crippen molar-refractivity contribution in [3.8, 4) is 23.0 Å². The van der Waals surface area contributed by atoms with Gasteiger partial charge in [0.1, 0.15) is 0 Å². The van der Waals surface area contributed by atoms with E-state index in [0.717, 1.165) is 28.6 Å². The van der Waals surface area contributed by atoms with Crippen molar-refractivity contribution in [2.45, 2.75) is 42.8 Å². The monoisotopic (exact) mass is 576 g/mol. The third kappa shape index (κ3) is 5.36. The highest BCUT2D eigenvalue weighted by Crippen LogP contribution is 2.43. The third-order valence-corrected chi connectivity index (χ3v) is 8.09. The van der Waals surface area contributed by atoms with Crippen molar-refractivity contribution < 1.29 is 23.8 Å². The van der Waals surface area contributed by atoms with Gasteiger partial charge in [-0.15, -0.1) is 0 Å². The fraction of sp³-hybridized carbons (Fsp3) is 0.435. The number of benzene rings is 1. The van der Waals surface area contributed by atoms with Crippen molar-refractivity contribution in [1.82, 2.24) is 24.4 Å². The molecule has 0 aliphatic carbocycles. The summed E-state index contributed by atoms with van der Waals surface area (Å²) in [7, 11) is 0. The lowest BCUT2D eigenvalue weighted by Crippen LogP contribution is -2.40. The van der Waals surface area contributed by atoms with Crippen LogP contribution in [0.25, 0.3) is 11.5 Å². The summed E-state index contributed by atoms with van der Waals surface area (Å²) in [5, 5.41) is 0.567. The van der Waals surface area contributed by atoms with Crippen LogP contribution in [0, 0.1) is 5.92 Å². The first-order valence-corrected chi connectivity index (χ1v) is 13.1. The zero-order valence-electron chi connectivity index (χ0n) is 19.6. The maximum Gasteiger partial charge on any atom is 0.303 e. The predicted molar refractivity (Wildman–Crippen MR) is 134 cm³/mol. The summed E-state index contributed by atoms with van der Waals surface area (Å²) in [5.41, 5.74) is 6.68. The molecule has 11 nitrogen and oxygen atoms in total. The number of halogens is 1. The molecule has 190 valence electrons. The Morgan fingerprint density at radius 2 is 1.97 bits per heavy atom. The van der Waals surface area contributed by atoms with Crippen LogP contribution >= 0.6 is 27.7 Å². The first kappa shape index (κ1) is 24.6. The number of likely N-dealkylation sites (tertiary alicyclic amines) is 1. The van der Waals surface area contributed by atoms with E-state index >= 15 is 0 Å². The summed E-state index contributed by atoms with van der Waals surface area (Å²) in [5.74, 6) is 2.29. The molecule has 1 amide bonds. The van der Waals surface area contributed by atoms with E-state index < -0.39 is 5.97 Å². The van der Waals surface area contributed by atoms with Crippen LogP contribution in [0.2, 0.25) is 0 Å². The van der Waals surface area contributed by atoms with Gasteiger partial charge in [0.15, 0.2) is 40.6 Å². The Morgan fingerprint density at radius 1 is 1.22 bits per heavy atom. The molecule has 0 atom stereocenters. The zero-order chi connectivity index (χ0) is 25.2. The molecule has 0 radical (unpaired) electrons. The topological polar surface area (TPSA) is 135 Å². The highest BCUT2D eigenvalue weighted by Gasteiger charge is 2.25. The summed E-state index contributed by atoms with van der Waals surface area (Å²) >= 11 is 4.98. The third-order valence-electron chi connectivity index (χ3n) is 6.24. The number of piperidine rings is 1. The minimum Gasteiger partial charge on any atom is -0.456 e. The first-order valence-electron chi connectivity index (χ1n) is 11.5. The van der Waals surface area contributed by atoms with E-state index in [4.69, 9.17) is 24.9 Å². The van der Waals surface area contributed by atoms with Gasteiger partial charge in [-0.3, -0.25) is 9.59 Å². The van der Waals surface area contributed by atoms with E-state index in [1.54, 1.807) is 11.2 Å². The number of amides is 1. The van der Waals surface area contributed by atoms with Crippen LogP contribution in [0.3, 0.4) is 0 Å². The number of carbonyl (C=O) groups excluding carboxylic acids is 2. The lowest BCUT2D eigenvalue weighted by Gasteiger charge is -2.32. The largest absolute Gasteiger partial charge is 0.456 e. The molecule has 4 aliphatic heterocycles. The van der Waals surface area contributed by atoms with Gasteiger partial charge in [0.2, 0.25) is 6.79 Å². The number of anilines is 1. The molecule has 0 aromatic heterocycles. The molecule has 5 rings (SSSR count). The molecule has 0 bridgehead atoms. The summed E-state index contributed by atoms with van der Waals surface area (Å²) in [6, 6.07) is 3.77. The van der Waals surface area contributed by atoms with Gasteiger partial charge in [-0.05, 0) is 65.0 Å². The average molecular weight is 577 g/mol. The van der Waals surface area contributed by atoms with Crippen LogP contribution in [0.15, 0.2) is 33.0 Å². The van der Waals surface area contributed by atoms with Gasteiger partial charge >= 0.3 is 5.97 Å². The minimum atomic E-state index is -0.445. The smallest absolute Gasteiger partial charge is 0.303 e. The molecule has 36 heavy (non-hydrogen) atoms. The maximum absolute atomic E-state index is 12.2. The van der Waals surface area contributed by atoms with Gasteiger partial charge in [0, 0.05) is 35.9 Å². The van der Waals surface area contributed by atoms with Gasteiger partial charge in [0.05, 0.1) is 6.33 Å². The lowest BCUT2D eigenvalue weighted by atomic mass is 9.93. The van der Waals surface area contributed by atoms with Crippen molar-refractivity contribution in [3.05, 3.63) is 22.9 Å². The second-order valence-electron chi connectivity index (χ2n) is 8.63. The van der Waals surface area contributed by atoms with E-state index in [1.807, 2.05) is 16.7 Å². The Hall–Kier alpha value is -3.06. The van der Waals surface area contributed by atoms with Crippen LogP contribution in [0.1, 0.15) is 26.2 Å². The maximum atomic E-state index is 12.2. The summed E-state index contributed by atoms with van der Waals surface area (Å²) in [6.45, 7) is 3.35. The van der Waals surface area contributed by atoms with Crippen molar-refractivity contribution in [1.29, 1.82) is 0 Å². The van der Waals surface area contributed by atoms with Crippen LogP contribution in [-0.4, -0.2) is 62.8 Å². The first-order chi connectivity index (χ1) is 17.4. The Balaban J connectivity index is 1.22. The molecule has 0 spiro atoms. The summed E-state index contributed by atoms with van der Waals surface area (Å²) in [6.07, 6.45) is 4.41. The van der Waals surface area contributed by atoms with Crippen molar-refractivity contribution in [3.63, 3.8) is 0 Å². The molecule has 0 unspecified atom stereocenters. The van der Waals surface area contributed by atoms with E-state index in [-0.39, 0.29) is 19.3 Å². The number of fused-ring (bicyclic) bond motifs is 2. The molecular formula is C23H25BrN6O5S. The molecule has 2 N–H and O–H groups in total. The van der Waals surface area contributed by atoms with Crippen LogP contribution in [-0.2, 0) is 20.9 Å². The quantitative estimate of drug-likeness (QED) is 0.417. The van der Waals surface area contributed by atoms with E-state index in [1.165, 1.54) is 18.7 Å². The zero-order valence-corrected chi connectivity index (χ0v) is 22.0. The van der Waals surface area contributed by atoms with Gasteiger partial charge in [-0.2, -0.15) is 0 Å². The minimum absolute atomic E-state index is 0.145. The number of ether oxygens (including phenoxy) is 3. The fourth-order valence-corrected chi connectivity index (χ4v) is 5.62. The number of carbonyl (C=O) groups is 2. The number of rotatable bonds is 7. The summed E-state index contributed by atoms with van der Waals surface area (Å²) < 4.78 is 18.6. The van der Waals surface area contributed by atoms with Crippen LogP contribution < -0.4 is 15.2 Å². The SMILES string of the molecule is CC(=O)OCC(=O)N1CCC(CCn2cnc(N)c3nc(Sc4cc5c(cc4Br)OCO5)nc2-3)CC1. The fourth-order valence-electron chi connectivity index (χ4n) is 4.27. The molecule has 0 saturated carbocycles. The van der Waals surface area contributed by atoms with Crippen LogP contribution in [0.4, 0.5) is 5.82 Å². The second kappa shape index (κ2) is 10.5. The normalized spacial score (nSPS) is 15.4. The number of nitrogens with two attached hydrogens (primary N) is 1. The average Bonchev–Trinajstić information content (AvgIpc) is 3.50. The highest BCUT2D eigenvalue weighted by molar-refractivity contribution is 9.10. The number of nitrogen functional groups attached to an aromatic ring is 1. The molecule has 13 heteroatoms.